The molecule has 0 unspecified atom stereocenters. The van der Waals surface area contributed by atoms with Gasteiger partial charge in [0.2, 0.25) is 10.0 Å². The largest absolute Gasteiger partial charge is 0.383 e. The van der Waals surface area contributed by atoms with Crippen molar-refractivity contribution in [1.82, 2.24) is 19.1 Å². The Morgan fingerprint density at radius 2 is 1.79 bits per heavy atom. The van der Waals surface area contributed by atoms with Crippen LogP contribution in [0.15, 0.2) is 85.3 Å². The van der Waals surface area contributed by atoms with Gasteiger partial charge in [-0.25, -0.2) is 12.7 Å². The molecular formula is C25H27N5O2S. The molecule has 33 heavy (non-hydrogen) atoms. The Balaban J connectivity index is 1.63. The highest BCUT2D eigenvalue weighted by Crippen LogP contribution is 2.32. The summed E-state index contributed by atoms with van der Waals surface area (Å²) in [6.07, 6.45) is 5.52. The van der Waals surface area contributed by atoms with Gasteiger partial charge in [-0.05, 0) is 41.0 Å². The minimum Gasteiger partial charge on any atom is -0.383 e. The highest BCUT2D eigenvalue weighted by Gasteiger charge is 2.15. The Kier molecular flexibility index (Phi) is 6.86. The lowest BCUT2D eigenvalue weighted by molar-refractivity contribution is 0.521. The number of pyridine rings is 1. The summed E-state index contributed by atoms with van der Waals surface area (Å²) in [5, 5.41) is 8.07. The lowest BCUT2D eigenvalue weighted by Crippen LogP contribution is -2.28. The van der Waals surface area contributed by atoms with E-state index < -0.39 is 10.0 Å². The van der Waals surface area contributed by atoms with Gasteiger partial charge in [-0.15, -0.1) is 0 Å². The van der Waals surface area contributed by atoms with E-state index >= 15 is 0 Å². The number of anilines is 1. The van der Waals surface area contributed by atoms with E-state index in [1.165, 1.54) is 4.31 Å². The number of nitrogens with one attached hydrogen (secondary N) is 1. The zero-order chi connectivity index (χ0) is 23.3. The summed E-state index contributed by atoms with van der Waals surface area (Å²) in [6.45, 7) is 0.921. The van der Waals surface area contributed by atoms with Gasteiger partial charge in [-0.2, -0.15) is 5.10 Å². The predicted molar refractivity (Wildman–Crippen MR) is 132 cm³/mol. The van der Waals surface area contributed by atoms with Crippen LogP contribution in [0.5, 0.6) is 0 Å². The standard InChI is InChI=1S/C25H27N5O2S/c1-29(2)33(31,32)16-14-27-24-11-10-22(21-8-4-3-5-9-21)17-23(24)25-12-15-30(28-25)19-20-7-6-13-26-18-20/h3-13,15,17-18,27H,14,16,19H2,1-2H3. The summed E-state index contributed by atoms with van der Waals surface area (Å²) in [6, 6.07) is 22.2. The van der Waals surface area contributed by atoms with E-state index in [1.807, 2.05) is 65.6 Å². The highest BCUT2D eigenvalue weighted by molar-refractivity contribution is 7.89. The van der Waals surface area contributed by atoms with Gasteiger partial charge in [-0.1, -0.05) is 42.5 Å². The van der Waals surface area contributed by atoms with E-state index in [0.717, 1.165) is 33.6 Å². The fourth-order valence-corrected chi connectivity index (χ4v) is 4.22. The Hall–Kier alpha value is -3.49. The average Bonchev–Trinajstić information content (AvgIpc) is 3.28. The Morgan fingerprint density at radius 1 is 0.970 bits per heavy atom. The summed E-state index contributed by atoms with van der Waals surface area (Å²) in [5.41, 5.74) is 5.82. The van der Waals surface area contributed by atoms with Crippen LogP contribution in [0, 0.1) is 0 Å². The van der Waals surface area contributed by atoms with Crippen molar-refractivity contribution in [1.29, 1.82) is 0 Å². The fraction of sp³-hybridized carbons (Fsp3) is 0.200. The first-order valence-electron chi connectivity index (χ1n) is 10.7. The van der Waals surface area contributed by atoms with Crippen LogP contribution >= 0.6 is 0 Å². The number of nitrogens with zero attached hydrogens (tertiary/aromatic N) is 4. The topological polar surface area (TPSA) is 80.1 Å². The maximum atomic E-state index is 12.2. The Morgan fingerprint density at radius 3 is 2.52 bits per heavy atom. The molecule has 0 fully saturated rings. The minimum absolute atomic E-state index is 0.00925. The summed E-state index contributed by atoms with van der Waals surface area (Å²) in [7, 11) is -0.190. The van der Waals surface area contributed by atoms with E-state index in [4.69, 9.17) is 5.10 Å². The van der Waals surface area contributed by atoms with Crippen molar-refractivity contribution in [3.63, 3.8) is 0 Å². The number of sulfonamides is 1. The third-order valence-electron chi connectivity index (χ3n) is 5.34. The first-order chi connectivity index (χ1) is 15.9. The maximum Gasteiger partial charge on any atom is 0.215 e. The van der Waals surface area contributed by atoms with Gasteiger partial charge < -0.3 is 5.32 Å². The number of benzene rings is 2. The number of aromatic nitrogens is 3. The highest BCUT2D eigenvalue weighted by atomic mass is 32.2. The van der Waals surface area contributed by atoms with Crippen LogP contribution in [-0.2, 0) is 16.6 Å². The van der Waals surface area contributed by atoms with Crippen LogP contribution in [0.3, 0.4) is 0 Å². The second-order valence-electron chi connectivity index (χ2n) is 7.91. The van der Waals surface area contributed by atoms with Gasteiger partial charge in [0.1, 0.15) is 0 Å². The van der Waals surface area contributed by atoms with E-state index in [1.54, 1.807) is 20.3 Å². The molecule has 0 aliphatic rings. The van der Waals surface area contributed by atoms with Crippen molar-refractivity contribution in [3.05, 3.63) is 90.9 Å². The van der Waals surface area contributed by atoms with Gasteiger partial charge in [0.15, 0.2) is 0 Å². The molecule has 0 spiro atoms. The molecule has 1 N–H and O–H groups in total. The van der Waals surface area contributed by atoms with Gasteiger partial charge >= 0.3 is 0 Å². The fourth-order valence-electron chi connectivity index (χ4n) is 3.49. The first-order valence-corrected chi connectivity index (χ1v) is 12.3. The van der Waals surface area contributed by atoms with Crippen molar-refractivity contribution >= 4 is 15.7 Å². The molecule has 0 aliphatic carbocycles. The van der Waals surface area contributed by atoms with Gasteiger partial charge in [0.25, 0.3) is 0 Å². The summed E-state index contributed by atoms with van der Waals surface area (Å²) in [5.74, 6) is 0.00925. The number of rotatable bonds is 9. The normalized spacial score (nSPS) is 11.6. The van der Waals surface area contributed by atoms with Crippen LogP contribution < -0.4 is 5.32 Å². The lowest BCUT2D eigenvalue weighted by atomic mass is 10.00. The number of hydrogen-bond acceptors (Lipinski definition) is 5. The molecule has 0 amide bonds. The third kappa shape index (κ3) is 5.66. The van der Waals surface area contributed by atoms with E-state index in [-0.39, 0.29) is 5.75 Å². The number of hydrogen-bond donors (Lipinski definition) is 1. The van der Waals surface area contributed by atoms with Crippen molar-refractivity contribution < 1.29 is 8.42 Å². The van der Waals surface area contributed by atoms with E-state index in [9.17, 15) is 8.42 Å². The third-order valence-corrected chi connectivity index (χ3v) is 7.18. The second-order valence-corrected chi connectivity index (χ2v) is 10.2. The Bertz CT molecular complexity index is 1300. The maximum absolute atomic E-state index is 12.2. The molecule has 2 heterocycles. The molecule has 7 nitrogen and oxygen atoms in total. The lowest BCUT2D eigenvalue weighted by Gasteiger charge is -2.15. The van der Waals surface area contributed by atoms with Gasteiger partial charge in [0.05, 0.1) is 18.0 Å². The second kappa shape index (κ2) is 9.97. The van der Waals surface area contributed by atoms with Crippen molar-refractivity contribution in [2.75, 3.05) is 31.7 Å². The first kappa shape index (κ1) is 22.7. The predicted octanol–water partition coefficient (Wildman–Crippen LogP) is 3.96. The summed E-state index contributed by atoms with van der Waals surface area (Å²) >= 11 is 0. The average molecular weight is 462 g/mol. The van der Waals surface area contributed by atoms with Crippen LogP contribution in [0.25, 0.3) is 22.4 Å². The molecule has 8 heteroatoms. The van der Waals surface area contributed by atoms with Gasteiger partial charge in [-0.3, -0.25) is 9.67 Å². The molecule has 4 aromatic rings. The molecule has 2 aromatic carbocycles. The molecule has 0 radical (unpaired) electrons. The smallest absolute Gasteiger partial charge is 0.215 e. The molecule has 0 bridgehead atoms. The van der Waals surface area contributed by atoms with Crippen LogP contribution in [0.1, 0.15) is 5.56 Å². The van der Waals surface area contributed by atoms with Gasteiger partial charge in [0, 0.05) is 50.5 Å². The minimum atomic E-state index is -3.28. The molecule has 0 saturated carbocycles. The zero-order valence-corrected chi connectivity index (χ0v) is 19.5. The molecule has 0 saturated heterocycles. The molecule has 4 rings (SSSR count). The zero-order valence-electron chi connectivity index (χ0n) is 18.7. The molecular weight excluding hydrogens is 434 g/mol. The van der Waals surface area contributed by atoms with Crippen LogP contribution in [0.4, 0.5) is 5.69 Å². The SMILES string of the molecule is CN(C)S(=O)(=O)CCNc1ccc(-c2ccccc2)cc1-c1ccn(Cc2cccnc2)n1. The molecule has 0 atom stereocenters. The Labute approximate surface area is 194 Å². The quantitative estimate of drug-likeness (QED) is 0.408. The van der Waals surface area contributed by atoms with Crippen molar-refractivity contribution in [2.45, 2.75) is 6.54 Å². The van der Waals surface area contributed by atoms with Crippen molar-refractivity contribution in [2.24, 2.45) is 0 Å². The van der Waals surface area contributed by atoms with Crippen LogP contribution in [0.2, 0.25) is 0 Å². The van der Waals surface area contributed by atoms with Crippen LogP contribution in [-0.4, -0.2) is 53.9 Å². The monoisotopic (exact) mass is 461 g/mol. The summed E-state index contributed by atoms with van der Waals surface area (Å²) < 4.78 is 27.4. The summed E-state index contributed by atoms with van der Waals surface area (Å²) in [4.78, 5) is 4.17. The molecule has 170 valence electrons. The molecule has 2 aromatic heterocycles. The van der Waals surface area contributed by atoms with E-state index in [2.05, 4.69) is 28.5 Å². The van der Waals surface area contributed by atoms with E-state index in [0.29, 0.717) is 13.1 Å². The molecule has 0 aliphatic heterocycles. The van der Waals surface area contributed by atoms with Crippen molar-refractivity contribution in [3.8, 4) is 22.4 Å².